The van der Waals surface area contributed by atoms with Gasteiger partial charge in [0, 0.05) is 4.88 Å². The number of fused-ring (bicyclic) bond motifs is 5. The number of aromatic amines is 1. The lowest BCUT2D eigenvalue weighted by molar-refractivity contribution is 0.218. The minimum atomic E-state index is -0.00272. The highest BCUT2D eigenvalue weighted by Gasteiger charge is 2.32. The van der Waals surface area contributed by atoms with Gasteiger partial charge in [0.2, 0.25) is 10.5 Å². The number of thiophene rings is 1. The van der Waals surface area contributed by atoms with Crippen molar-refractivity contribution in [3.63, 3.8) is 0 Å². The van der Waals surface area contributed by atoms with Gasteiger partial charge in [0.05, 0.1) is 11.1 Å². The highest BCUT2D eigenvalue weighted by atomic mass is 32.1. The van der Waals surface area contributed by atoms with Crippen LogP contribution in [0.25, 0.3) is 21.7 Å². The molecule has 1 atom stereocenters. The number of aryl methyl sites for hydroxylation is 2. The van der Waals surface area contributed by atoms with Gasteiger partial charge < -0.3 is 0 Å². The number of aromatic nitrogens is 4. The summed E-state index contributed by atoms with van der Waals surface area (Å²) in [5, 5.41) is 8.11. The molecular formula is C22H24N4OS2. The minimum absolute atomic E-state index is 0.00272. The van der Waals surface area contributed by atoms with E-state index in [1.54, 1.807) is 15.9 Å². The summed E-state index contributed by atoms with van der Waals surface area (Å²) in [6.45, 7) is 8.97. The van der Waals surface area contributed by atoms with Crippen LogP contribution >= 0.6 is 23.6 Å². The Morgan fingerprint density at radius 2 is 1.97 bits per heavy atom. The second kappa shape index (κ2) is 6.37. The van der Waals surface area contributed by atoms with Crippen LogP contribution < -0.4 is 5.56 Å². The van der Waals surface area contributed by atoms with Crippen molar-refractivity contribution in [2.75, 3.05) is 0 Å². The van der Waals surface area contributed by atoms with Crippen molar-refractivity contribution in [3.8, 4) is 5.69 Å². The molecule has 1 aliphatic carbocycles. The van der Waals surface area contributed by atoms with Crippen molar-refractivity contribution in [2.24, 2.45) is 11.3 Å². The van der Waals surface area contributed by atoms with E-state index >= 15 is 0 Å². The van der Waals surface area contributed by atoms with Crippen molar-refractivity contribution in [2.45, 2.75) is 47.0 Å². The molecular weight excluding hydrogens is 400 g/mol. The van der Waals surface area contributed by atoms with Gasteiger partial charge in [-0.3, -0.25) is 4.79 Å². The Balaban J connectivity index is 1.85. The highest BCUT2D eigenvalue weighted by Crippen LogP contribution is 2.42. The van der Waals surface area contributed by atoms with Crippen LogP contribution in [0.4, 0.5) is 0 Å². The summed E-state index contributed by atoms with van der Waals surface area (Å²) in [5.41, 5.74) is 3.43. The molecule has 29 heavy (non-hydrogen) atoms. The van der Waals surface area contributed by atoms with E-state index < -0.39 is 0 Å². The Hall–Kier alpha value is -2.25. The zero-order valence-electron chi connectivity index (χ0n) is 17.1. The first-order valence-corrected chi connectivity index (χ1v) is 11.2. The highest BCUT2D eigenvalue weighted by molar-refractivity contribution is 7.71. The quantitative estimate of drug-likeness (QED) is 0.426. The Morgan fingerprint density at radius 1 is 1.24 bits per heavy atom. The summed E-state index contributed by atoms with van der Waals surface area (Å²) < 4.78 is 4.15. The molecule has 0 radical (unpaired) electrons. The maximum Gasteiger partial charge on any atom is 0.268 e. The van der Waals surface area contributed by atoms with Gasteiger partial charge in [0.25, 0.3) is 5.56 Å². The van der Waals surface area contributed by atoms with Crippen LogP contribution in [0.2, 0.25) is 0 Å². The van der Waals surface area contributed by atoms with E-state index in [9.17, 15) is 4.79 Å². The fourth-order valence-electron chi connectivity index (χ4n) is 4.44. The predicted octanol–water partition coefficient (Wildman–Crippen LogP) is 5.22. The Morgan fingerprint density at radius 3 is 2.66 bits per heavy atom. The van der Waals surface area contributed by atoms with Crippen LogP contribution in [0.5, 0.6) is 0 Å². The van der Waals surface area contributed by atoms with Crippen molar-refractivity contribution in [1.82, 2.24) is 19.2 Å². The average Bonchev–Trinajstić information content (AvgIpc) is 3.23. The smallest absolute Gasteiger partial charge is 0.268 e. The monoisotopic (exact) mass is 424 g/mol. The maximum absolute atomic E-state index is 13.7. The van der Waals surface area contributed by atoms with Gasteiger partial charge >= 0.3 is 0 Å². The number of rotatable bonds is 1. The van der Waals surface area contributed by atoms with Gasteiger partial charge in [-0.05, 0) is 67.4 Å². The third kappa shape index (κ3) is 2.82. The van der Waals surface area contributed by atoms with Gasteiger partial charge in [0.15, 0.2) is 0 Å². The molecule has 7 heteroatoms. The zero-order chi connectivity index (χ0) is 20.5. The Bertz CT molecular complexity index is 1360. The lowest BCUT2D eigenvalue weighted by atomic mass is 9.72. The van der Waals surface area contributed by atoms with Crippen molar-refractivity contribution in [3.05, 3.63) is 55.4 Å². The van der Waals surface area contributed by atoms with Gasteiger partial charge in [-0.15, -0.1) is 16.4 Å². The molecule has 150 valence electrons. The number of nitrogens with one attached hydrogen (secondary N) is 1. The average molecular weight is 425 g/mol. The van der Waals surface area contributed by atoms with Gasteiger partial charge in [0.1, 0.15) is 4.83 Å². The van der Waals surface area contributed by atoms with E-state index in [0.29, 0.717) is 16.5 Å². The number of benzene rings is 1. The summed E-state index contributed by atoms with van der Waals surface area (Å²) in [6.07, 6.45) is 3.08. The topological polar surface area (TPSA) is 55.1 Å². The first-order chi connectivity index (χ1) is 13.8. The summed E-state index contributed by atoms with van der Waals surface area (Å²) in [5.74, 6) is 1.16. The second-order valence-electron chi connectivity index (χ2n) is 9.13. The molecule has 1 aromatic carbocycles. The van der Waals surface area contributed by atoms with Gasteiger partial charge in [-0.1, -0.05) is 38.5 Å². The molecule has 0 spiro atoms. The molecule has 1 aliphatic rings. The summed E-state index contributed by atoms with van der Waals surface area (Å²) >= 11 is 7.26. The van der Waals surface area contributed by atoms with Gasteiger partial charge in [-0.2, -0.15) is 0 Å². The predicted molar refractivity (Wildman–Crippen MR) is 121 cm³/mol. The molecule has 0 amide bonds. The van der Waals surface area contributed by atoms with E-state index in [0.717, 1.165) is 40.7 Å². The SMILES string of the molecule is Cc1ccc(-n2c(=O)c3c4c(sc3n3c(=S)[nH]nc23)C[C@H](C(C)(C)C)CC4)cc1. The van der Waals surface area contributed by atoms with Crippen LogP contribution in [0.3, 0.4) is 0 Å². The molecule has 0 aliphatic heterocycles. The molecule has 5 rings (SSSR count). The van der Waals surface area contributed by atoms with Crippen LogP contribution in [-0.4, -0.2) is 19.2 Å². The number of hydrogen-bond donors (Lipinski definition) is 1. The largest absolute Gasteiger partial charge is 0.268 e. The fourth-order valence-corrected chi connectivity index (χ4v) is 6.14. The Kier molecular flexibility index (Phi) is 4.12. The normalized spacial score (nSPS) is 17.2. The summed E-state index contributed by atoms with van der Waals surface area (Å²) in [7, 11) is 0. The molecule has 0 saturated carbocycles. The number of nitrogens with zero attached hydrogens (tertiary/aromatic N) is 3. The first-order valence-electron chi connectivity index (χ1n) is 9.99. The standard InChI is InChI=1S/C22H24N4OS2/c1-12-5-8-14(9-6-12)25-18(27)17-15-10-7-13(22(2,3)4)11-16(15)29-19(17)26-20(25)23-24-21(26)28/h5-6,8-9,13H,7,10-11H2,1-4H3,(H,24,28)/t13-/m1/s1. The van der Waals surface area contributed by atoms with E-state index in [2.05, 4.69) is 31.0 Å². The third-order valence-corrected chi connectivity index (χ3v) is 7.75. The van der Waals surface area contributed by atoms with Crippen molar-refractivity contribution < 1.29 is 0 Å². The van der Waals surface area contributed by atoms with E-state index in [4.69, 9.17) is 12.2 Å². The zero-order valence-corrected chi connectivity index (χ0v) is 18.7. The van der Waals surface area contributed by atoms with Crippen LogP contribution in [0, 0.1) is 23.0 Å². The minimum Gasteiger partial charge on any atom is -0.268 e. The first kappa shape index (κ1) is 18.8. The molecule has 0 bridgehead atoms. The van der Waals surface area contributed by atoms with E-state index in [1.807, 2.05) is 35.6 Å². The summed E-state index contributed by atoms with van der Waals surface area (Å²) in [4.78, 5) is 16.0. The molecule has 4 aromatic rings. The number of H-pyrrole nitrogens is 1. The van der Waals surface area contributed by atoms with Crippen molar-refractivity contribution in [1.29, 1.82) is 0 Å². The molecule has 3 aromatic heterocycles. The lowest BCUT2D eigenvalue weighted by Crippen LogP contribution is -2.27. The maximum atomic E-state index is 13.7. The van der Waals surface area contributed by atoms with Crippen LogP contribution in [0.1, 0.15) is 43.2 Å². The molecule has 3 heterocycles. The second-order valence-corrected chi connectivity index (χ2v) is 10.6. The number of hydrogen-bond acceptors (Lipinski definition) is 4. The van der Waals surface area contributed by atoms with Gasteiger partial charge in [-0.25, -0.2) is 14.1 Å². The summed E-state index contributed by atoms with van der Waals surface area (Å²) in [6, 6.07) is 7.96. The molecule has 0 unspecified atom stereocenters. The molecule has 0 saturated heterocycles. The third-order valence-electron chi connectivity index (χ3n) is 6.24. The van der Waals surface area contributed by atoms with Crippen molar-refractivity contribution >= 4 is 39.5 Å². The molecule has 5 nitrogen and oxygen atoms in total. The Labute approximate surface area is 178 Å². The van der Waals surface area contributed by atoms with Crippen LogP contribution in [0.15, 0.2) is 29.1 Å². The van der Waals surface area contributed by atoms with E-state index in [1.165, 1.54) is 10.4 Å². The molecule has 1 N–H and O–H groups in total. The molecule has 0 fully saturated rings. The van der Waals surface area contributed by atoms with E-state index in [-0.39, 0.29) is 11.0 Å². The van der Waals surface area contributed by atoms with Crippen LogP contribution in [-0.2, 0) is 12.8 Å². The fraction of sp³-hybridized carbons (Fsp3) is 0.409. The lowest BCUT2D eigenvalue weighted by Gasteiger charge is -2.33.